The number of anilines is 1. The van der Waals surface area contributed by atoms with Crippen LogP contribution in [-0.2, 0) is 0 Å². The Kier molecular flexibility index (Phi) is 6.31. The maximum absolute atomic E-state index is 12.6. The van der Waals surface area contributed by atoms with Crippen LogP contribution in [-0.4, -0.2) is 36.0 Å². The third-order valence-electron chi connectivity index (χ3n) is 4.24. The molecule has 0 bridgehead atoms. The summed E-state index contributed by atoms with van der Waals surface area (Å²) in [5.41, 5.74) is -3.43. The van der Waals surface area contributed by atoms with Crippen LogP contribution in [0.2, 0.25) is 0 Å². The molecule has 144 valence electrons. The number of pyridine rings is 1. The van der Waals surface area contributed by atoms with E-state index < -0.39 is 11.4 Å². The molecule has 1 aliphatic heterocycles. The number of alkyl halides is 3. The summed E-state index contributed by atoms with van der Waals surface area (Å²) >= 11 is 3.08. The smallest absolute Gasteiger partial charge is 0.371 e. The molecule has 0 aliphatic carbocycles. The molecule has 1 aliphatic rings. The summed E-state index contributed by atoms with van der Waals surface area (Å²) in [5.74, 6) is -0.293. The van der Waals surface area contributed by atoms with Gasteiger partial charge in [0, 0.05) is 47.8 Å². The van der Waals surface area contributed by atoms with Crippen LogP contribution in [0.5, 0.6) is 0 Å². The van der Waals surface area contributed by atoms with Crippen LogP contribution < -0.4 is 10.2 Å². The Morgan fingerprint density at radius 3 is 2.89 bits per heavy atom. The van der Waals surface area contributed by atoms with E-state index in [4.69, 9.17) is 0 Å². The van der Waals surface area contributed by atoms with Gasteiger partial charge in [0.05, 0.1) is 5.56 Å². The summed E-state index contributed by atoms with van der Waals surface area (Å²) in [7, 11) is 0. The van der Waals surface area contributed by atoms with Crippen LogP contribution in [0.4, 0.5) is 18.9 Å². The molecule has 2 aromatic rings. The zero-order valence-corrected chi connectivity index (χ0v) is 16.6. The third-order valence-corrected chi connectivity index (χ3v) is 5.48. The van der Waals surface area contributed by atoms with Gasteiger partial charge in [-0.3, -0.25) is 4.79 Å². The van der Waals surface area contributed by atoms with Crippen LogP contribution in [0.15, 0.2) is 52.1 Å². The van der Waals surface area contributed by atoms with Crippen molar-refractivity contribution >= 4 is 39.3 Å². The van der Waals surface area contributed by atoms with E-state index >= 15 is 0 Å². The zero-order valence-electron chi connectivity index (χ0n) is 14.2. The second-order valence-electron chi connectivity index (χ2n) is 6.19. The fourth-order valence-electron chi connectivity index (χ4n) is 2.99. The third kappa shape index (κ3) is 5.62. The van der Waals surface area contributed by atoms with E-state index in [9.17, 15) is 18.0 Å². The van der Waals surface area contributed by atoms with E-state index in [1.807, 2.05) is 24.3 Å². The molecule has 0 saturated carbocycles. The quantitative estimate of drug-likeness (QED) is 0.657. The van der Waals surface area contributed by atoms with Crippen molar-refractivity contribution in [3.63, 3.8) is 0 Å². The van der Waals surface area contributed by atoms with Crippen LogP contribution in [0.25, 0.3) is 0 Å². The molecule has 1 unspecified atom stereocenters. The van der Waals surface area contributed by atoms with Crippen molar-refractivity contribution in [1.29, 1.82) is 0 Å². The summed E-state index contributed by atoms with van der Waals surface area (Å²) in [6, 6.07) is 10.8. The minimum absolute atomic E-state index is 0.0540. The molecular weight excluding hydrogens is 443 g/mol. The van der Waals surface area contributed by atoms with Gasteiger partial charge in [-0.15, -0.1) is 0 Å². The van der Waals surface area contributed by atoms with Crippen LogP contribution in [0.1, 0.15) is 16.8 Å². The molecule has 0 radical (unpaired) electrons. The minimum Gasteiger partial charge on any atom is -0.371 e. The van der Waals surface area contributed by atoms with Gasteiger partial charge in [-0.05, 0) is 42.7 Å². The van der Waals surface area contributed by atoms with Crippen molar-refractivity contribution in [3.8, 4) is 0 Å². The summed E-state index contributed by atoms with van der Waals surface area (Å²) in [6.45, 7) is 2.07. The van der Waals surface area contributed by atoms with Crippen molar-refractivity contribution < 1.29 is 18.0 Å². The molecule has 1 aromatic carbocycles. The SMILES string of the molecule is O=C(NCC1CCN(c2cccc(Br)c2)C1)c1cccnc1SC(F)(F)F. The first-order chi connectivity index (χ1) is 12.8. The van der Waals surface area contributed by atoms with Gasteiger partial charge in [0.15, 0.2) is 0 Å². The number of hydrogen-bond donors (Lipinski definition) is 1. The highest BCUT2D eigenvalue weighted by atomic mass is 79.9. The number of amides is 1. The number of benzene rings is 1. The standard InChI is InChI=1S/C18H17BrF3N3OS/c19-13-3-1-4-14(9-13)25-8-6-12(11-25)10-24-16(26)15-5-2-7-23-17(15)27-18(20,21)22/h1-5,7,9,12H,6,8,10-11H2,(H,24,26). The molecule has 1 amide bonds. The monoisotopic (exact) mass is 459 g/mol. The lowest BCUT2D eigenvalue weighted by molar-refractivity contribution is -0.0329. The van der Waals surface area contributed by atoms with Gasteiger partial charge in [-0.25, -0.2) is 4.98 Å². The van der Waals surface area contributed by atoms with Crippen molar-refractivity contribution in [3.05, 3.63) is 52.6 Å². The topological polar surface area (TPSA) is 45.2 Å². The molecule has 27 heavy (non-hydrogen) atoms. The predicted molar refractivity (Wildman–Crippen MR) is 103 cm³/mol. The van der Waals surface area contributed by atoms with E-state index in [1.54, 1.807) is 0 Å². The normalized spacial score (nSPS) is 17.2. The lowest BCUT2D eigenvalue weighted by atomic mass is 10.1. The lowest BCUT2D eigenvalue weighted by Gasteiger charge is -2.19. The molecule has 1 fully saturated rings. The Hall–Kier alpha value is -1.74. The zero-order chi connectivity index (χ0) is 19.4. The second kappa shape index (κ2) is 8.52. The first-order valence-electron chi connectivity index (χ1n) is 8.31. The number of carbonyl (C=O) groups excluding carboxylic acids is 1. The number of aromatic nitrogens is 1. The van der Waals surface area contributed by atoms with Crippen LogP contribution in [0.3, 0.4) is 0 Å². The maximum Gasteiger partial charge on any atom is 0.447 e. The molecule has 2 heterocycles. The molecule has 3 rings (SSSR count). The Bertz CT molecular complexity index is 818. The van der Waals surface area contributed by atoms with Gasteiger partial charge in [0.25, 0.3) is 5.91 Å². The van der Waals surface area contributed by atoms with E-state index in [0.717, 1.165) is 29.7 Å². The minimum atomic E-state index is -4.49. The lowest BCUT2D eigenvalue weighted by Crippen LogP contribution is -2.31. The Labute approximate surface area is 167 Å². The largest absolute Gasteiger partial charge is 0.447 e. The van der Waals surface area contributed by atoms with E-state index in [-0.39, 0.29) is 28.3 Å². The van der Waals surface area contributed by atoms with Gasteiger partial charge < -0.3 is 10.2 Å². The molecule has 9 heteroatoms. The first-order valence-corrected chi connectivity index (χ1v) is 9.92. The van der Waals surface area contributed by atoms with E-state index in [0.29, 0.717) is 6.54 Å². The number of rotatable bonds is 5. The number of hydrogen-bond acceptors (Lipinski definition) is 4. The van der Waals surface area contributed by atoms with E-state index in [2.05, 4.69) is 31.1 Å². The summed E-state index contributed by atoms with van der Waals surface area (Å²) in [6.07, 6.45) is 2.15. The molecule has 1 saturated heterocycles. The molecule has 1 aromatic heterocycles. The molecule has 1 atom stereocenters. The van der Waals surface area contributed by atoms with E-state index in [1.165, 1.54) is 18.3 Å². The highest BCUT2D eigenvalue weighted by molar-refractivity contribution is 9.10. The highest BCUT2D eigenvalue weighted by Crippen LogP contribution is 2.37. The van der Waals surface area contributed by atoms with Gasteiger partial charge in [0.2, 0.25) is 0 Å². The summed E-state index contributed by atoms with van der Waals surface area (Å²) in [4.78, 5) is 18.3. The highest BCUT2D eigenvalue weighted by Gasteiger charge is 2.32. The Balaban J connectivity index is 1.57. The van der Waals surface area contributed by atoms with Crippen molar-refractivity contribution in [2.24, 2.45) is 5.92 Å². The Morgan fingerprint density at radius 2 is 2.15 bits per heavy atom. The fraction of sp³-hybridized carbons (Fsp3) is 0.333. The average Bonchev–Trinajstić information content (AvgIpc) is 3.08. The van der Waals surface area contributed by atoms with Crippen molar-refractivity contribution in [2.45, 2.75) is 17.0 Å². The number of nitrogens with one attached hydrogen (secondary N) is 1. The number of nitrogens with zero attached hydrogens (tertiary/aromatic N) is 2. The molecular formula is C18H17BrF3N3OS. The van der Waals surface area contributed by atoms with Gasteiger partial charge in [-0.1, -0.05) is 22.0 Å². The maximum atomic E-state index is 12.6. The molecule has 1 N–H and O–H groups in total. The second-order valence-corrected chi connectivity index (χ2v) is 8.16. The molecule has 4 nitrogen and oxygen atoms in total. The fourth-order valence-corrected chi connectivity index (χ4v) is 3.98. The predicted octanol–water partition coefficient (Wildman–Crippen LogP) is 4.71. The van der Waals surface area contributed by atoms with Gasteiger partial charge in [-0.2, -0.15) is 13.2 Å². The Morgan fingerprint density at radius 1 is 1.33 bits per heavy atom. The van der Waals surface area contributed by atoms with Gasteiger partial charge >= 0.3 is 5.51 Å². The van der Waals surface area contributed by atoms with Crippen molar-refractivity contribution in [2.75, 3.05) is 24.5 Å². The summed E-state index contributed by atoms with van der Waals surface area (Å²) in [5, 5.41) is 2.43. The van der Waals surface area contributed by atoms with Crippen LogP contribution in [0, 0.1) is 5.92 Å². The first kappa shape index (κ1) is 20.0. The number of halogens is 4. The number of carbonyl (C=O) groups is 1. The number of thioether (sulfide) groups is 1. The van der Waals surface area contributed by atoms with Crippen LogP contribution >= 0.6 is 27.7 Å². The summed E-state index contributed by atoms with van der Waals surface area (Å²) < 4.78 is 38.9. The molecule has 0 spiro atoms. The van der Waals surface area contributed by atoms with Gasteiger partial charge in [0.1, 0.15) is 5.03 Å². The average molecular weight is 460 g/mol. The van der Waals surface area contributed by atoms with Crippen molar-refractivity contribution in [1.82, 2.24) is 10.3 Å².